The van der Waals surface area contributed by atoms with Gasteiger partial charge in [0.2, 0.25) is 0 Å². The number of anilines is 1. The number of hydrogen-bond donors (Lipinski definition) is 1. The average Bonchev–Trinajstić information content (AvgIpc) is 2.39. The Morgan fingerprint density at radius 1 is 0.947 bits per heavy atom. The van der Waals surface area contributed by atoms with Gasteiger partial charge in [-0.25, -0.2) is 0 Å². The van der Waals surface area contributed by atoms with E-state index in [2.05, 4.69) is 17.4 Å². The van der Waals surface area contributed by atoms with Gasteiger partial charge in [-0.05, 0) is 48.6 Å². The fourth-order valence-corrected chi connectivity index (χ4v) is 2.37. The van der Waals surface area contributed by atoms with E-state index in [1.54, 1.807) is 0 Å². The molecular formula is C17H17NO. The molecule has 0 spiro atoms. The van der Waals surface area contributed by atoms with Gasteiger partial charge < -0.3 is 5.32 Å². The van der Waals surface area contributed by atoms with Gasteiger partial charge in [0.05, 0.1) is 0 Å². The van der Waals surface area contributed by atoms with Gasteiger partial charge in [-0.3, -0.25) is 4.79 Å². The van der Waals surface area contributed by atoms with Gasteiger partial charge >= 0.3 is 0 Å². The topological polar surface area (TPSA) is 29.1 Å². The predicted octanol–water partition coefficient (Wildman–Crippen LogP) is 4.21. The van der Waals surface area contributed by atoms with Gasteiger partial charge in [-0.15, -0.1) is 0 Å². The van der Waals surface area contributed by atoms with Crippen LogP contribution >= 0.6 is 0 Å². The molecular weight excluding hydrogens is 234 g/mol. The molecule has 0 unspecified atom stereocenters. The molecule has 0 aromatic heterocycles. The highest BCUT2D eigenvalue weighted by Gasteiger charge is 2.19. The summed E-state index contributed by atoms with van der Waals surface area (Å²) >= 11 is 0. The van der Waals surface area contributed by atoms with Gasteiger partial charge in [0.15, 0.2) is 0 Å². The molecule has 19 heavy (non-hydrogen) atoms. The second-order valence-electron chi connectivity index (χ2n) is 5.07. The zero-order valence-electron chi connectivity index (χ0n) is 10.8. The number of carbonyl (C=O) groups is 1. The molecule has 2 aromatic rings. The lowest BCUT2D eigenvalue weighted by Crippen LogP contribution is -2.13. The molecule has 2 heteroatoms. The normalized spacial score (nSPS) is 14.7. The van der Waals surface area contributed by atoms with Crippen LogP contribution in [0.3, 0.4) is 0 Å². The van der Waals surface area contributed by atoms with E-state index in [0.717, 1.165) is 5.69 Å². The van der Waals surface area contributed by atoms with Gasteiger partial charge in [0, 0.05) is 11.3 Å². The van der Waals surface area contributed by atoms with E-state index in [1.807, 2.05) is 42.5 Å². The molecule has 0 bridgehead atoms. The van der Waals surface area contributed by atoms with E-state index in [1.165, 1.54) is 24.8 Å². The highest BCUT2D eigenvalue weighted by Crippen LogP contribution is 2.36. The van der Waals surface area contributed by atoms with Gasteiger partial charge in [0.25, 0.3) is 5.91 Å². The zero-order chi connectivity index (χ0) is 13.1. The standard InChI is InChI=1S/C17H17NO/c19-17(18-16-7-2-1-3-8-16)15-11-9-14(10-12-15)13-5-4-6-13/h1-3,7-13H,4-6H2,(H,18,19). The van der Waals surface area contributed by atoms with Crippen LogP contribution in [0.25, 0.3) is 0 Å². The lowest BCUT2D eigenvalue weighted by Gasteiger charge is -2.25. The summed E-state index contributed by atoms with van der Waals surface area (Å²) in [6, 6.07) is 17.6. The molecule has 3 rings (SSSR count). The number of hydrogen-bond acceptors (Lipinski definition) is 1. The second kappa shape index (κ2) is 5.27. The Morgan fingerprint density at radius 3 is 2.21 bits per heavy atom. The van der Waals surface area contributed by atoms with E-state index in [-0.39, 0.29) is 5.91 Å². The molecule has 2 aromatic carbocycles. The third kappa shape index (κ3) is 2.68. The van der Waals surface area contributed by atoms with Crippen LogP contribution in [-0.2, 0) is 0 Å². The maximum absolute atomic E-state index is 12.1. The van der Waals surface area contributed by atoms with Crippen LogP contribution in [-0.4, -0.2) is 5.91 Å². The smallest absolute Gasteiger partial charge is 0.255 e. The largest absolute Gasteiger partial charge is 0.322 e. The first kappa shape index (κ1) is 12.0. The van der Waals surface area contributed by atoms with E-state index in [9.17, 15) is 4.79 Å². The first-order chi connectivity index (χ1) is 9.33. The summed E-state index contributed by atoms with van der Waals surface area (Å²) in [4.78, 5) is 12.1. The van der Waals surface area contributed by atoms with Crippen molar-refractivity contribution in [1.29, 1.82) is 0 Å². The first-order valence-electron chi connectivity index (χ1n) is 6.79. The van der Waals surface area contributed by atoms with Crippen LogP contribution in [0.15, 0.2) is 54.6 Å². The van der Waals surface area contributed by atoms with Crippen molar-refractivity contribution in [2.45, 2.75) is 25.2 Å². The minimum atomic E-state index is -0.0497. The Labute approximate surface area is 113 Å². The van der Waals surface area contributed by atoms with Crippen LogP contribution in [0, 0.1) is 0 Å². The molecule has 1 amide bonds. The lowest BCUT2D eigenvalue weighted by atomic mass is 9.80. The highest BCUT2D eigenvalue weighted by molar-refractivity contribution is 6.04. The predicted molar refractivity (Wildman–Crippen MR) is 77.4 cm³/mol. The fraction of sp³-hybridized carbons (Fsp3) is 0.235. The minimum absolute atomic E-state index is 0.0497. The minimum Gasteiger partial charge on any atom is -0.322 e. The zero-order valence-corrected chi connectivity index (χ0v) is 10.8. The van der Waals surface area contributed by atoms with Crippen molar-refractivity contribution in [2.24, 2.45) is 0 Å². The maximum atomic E-state index is 12.1. The van der Waals surface area contributed by atoms with Crippen LogP contribution in [0.5, 0.6) is 0 Å². The molecule has 0 atom stereocenters. The van der Waals surface area contributed by atoms with Crippen LogP contribution in [0.4, 0.5) is 5.69 Å². The molecule has 0 aliphatic heterocycles. The number of para-hydroxylation sites is 1. The van der Waals surface area contributed by atoms with Gasteiger partial charge in [0.1, 0.15) is 0 Å². The molecule has 1 aliphatic rings. The van der Waals surface area contributed by atoms with Crippen LogP contribution in [0.1, 0.15) is 41.1 Å². The van der Waals surface area contributed by atoms with E-state index in [4.69, 9.17) is 0 Å². The Morgan fingerprint density at radius 2 is 1.63 bits per heavy atom. The van der Waals surface area contributed by atoms with Gasteiger partial charge in [-0.2, -0.15) is 0 Å². The third-order valence-electron chi connectivity index (χ3n) is 3.78. The molecule has 1 aliphatic carbocycles. The second-order valence-corrected chi connectivity index (χ2v) is 5.07. The van der Waals surface area contributed by atoms with Crippen LogP contribution in [0.2, 0.25) is 0 Å². The van der Waals surface area contributed by atoms with Crippen molar-refractivity contribution < 1.29 is 4.79 Å². The summed E-state index contributed by atoms with van der Waals surface area (Å²) in [5, 5.41) is 2.90. The summed E-state index contributed by atoms with van der Waals surface area (Å²) in [6.07, 6.45) is 3.91. The van der Waals surface area contributed by atoms with Gasteiger partial charge in [-0.1, -0.05) is 36.8 Å². The van der Waals surface area contributed by atoms with Crippen molar-refractivity contribution in [1.82, 2.24) is 0 Å². The number of amides is 1. The van der Waals surface area contributed by atoms with Crippen molar-refractivity contribution in [3.8, 4) is 0 Å². The maximum Gasteiger partial charge on any atom is 0.255 e. The number of carbonyl (C=O) groups excluding carboxylic acids is 1. The van der Waals surface area contributed by atoms with Crippen molar-refractivity contribution in [3.05, 3.63) is 65.7 Å². The molecule has 96 valence electrons. The Balaban J connectivity index is 1.69. The first-order valence-corrected chi connectivity index (χ1v) is 6.79. The SMILES string of the molecule is O=C(Nc1ccccc1)c1ccc(C2CCC2)cc1. The Hall–Kier alpha value is -2.09. The third-order valence-corrected chi connectivity index (χ3v) is 3.78. The summed E-state index contributed by atoms with van der Waals surface area (Å²) in [7, 11) is 0. The molecule has 2 nitrogen and oxygen atoms in total. The number of rotatable bonds is 3. The van der Waals surface area contributed by atoms with Crippen LogP contribution < -0.4 is 5.32 Å². The Kier molecular flexibility index (Phi) is 3.32. The highest BCUT2D eigenvalue weighted by atomic mass is 16.1. The molecule has 0 radical (unpaired) electrons. The van der Waals surface area contributed by atoms with E-state index in [0.29, 0.717) is 11.5 Å². The molecule has 1 fully saturated rings. The summed E-state index contributed by atoms with van der Waals surface area (Å²) in [5.41, 5.74) is 2.91. The Bertz CT molecular complexity index is 556. The van der Waals surface area contributed by atoms with Crippen molar-refractivity contribution in [3.63, 3.8) is 0 Å². The molecule has 0 heterocycles. The lowest BCUT2D eigenvalue weighted by molar-refractivity contribution is 0.102. The van der Waals surface area contributed by atoms with Crippen molar-refractivity contribution in [2.75, 3.05) is 5.32 Å². The number of nitrogens with one attached hydrogen (secondary N) is 1. The summed E-state index contributed by atoms with van der Waals surface area (Å²) in [5.74, 6) is 0.664. The molecule has 1 N–H and O–H groups in total. The van der Waals surface area contributed by atoms with E-state index >= 15 is 0 Å². The monoisotopic (exact) mass is 251 g/mol. The summed E-state index contributed by atoms with van der Waals surface area (Å²) in [6.45, 7) is 0. The molecule has 1 saturated carbocycles. The fourth-order valence-electron chi connectivity index (χ4n) is 2.37. The van der Waals surface area contributed by atoms with Crippen molar-refractivity contribution >= 4 is 11.6 Å². The number of benzene rings is 2. The average molecular weight is 251 g/mol. The quantitative estimate of drug-likeness (QED) is 0.870. The molecule has 0 saturated heterocycles. The van der Waals surface area contributed by atoms with E-state index < -0.39 is 0 Å². The summed E-state index contributed by atoms with van der Waals surface area (Å²) < 4.78 is 0.